The largest absolute Gasteiger partial charge is 0.481 e. The predicted octanol–water partition coefficient (Wildman–Crippen LogP) is 0.812. The van der Waals surface area contributed by atoms with Gasteiger partial charge in [0.1, 0.15) is 5.82 Å². The van der Waals surface area contributed by atoms with Crippen LogP contribution in [0.4, 0.5) is 5.82 Å². The number of fused-ring (bicyclic) bond motifs is 1. The fourth-order valence-corrected chi connectivity index (χ4v) is 1.52. The first-order chi connectivity index (χ1) is 8.06. The number of hydrogen-bond donors (Lipinski definition) is 1. The molecular weight excluding hydrogens is 220 g/mol. The maximum atomic E-state index is 10.5. The van der Waals surface area contributed by atoms with Crippen molar-refractivity contribution in [3.05, 3.63) is 24.0 Å². The number of carboxylic acid groups (broad SMARTS) is 1. The molecule has 0 aromatic carbocycles. The summed E-state index contributed by atoms with van der Waals surface area (Å²) in [5.74, 6) is 0.0173. The zero-order valence-corrected chi connectivity index (χ0v) is 9.79. The van der Waals surface area contributed by atoms with E-state index in [0.717, 1.165) is 17.2 Å². The van der Waals surface area contributed by atoms with Crippen molar-refractivity contribution in [2.75, 3.05) is 19.0 Å². The van der Waals surface area contributed by atoms with Gasteiger partial charge in [0.05, 0.1) is 18.3 Å². The summed E-state index contributed by atoms with van der Waals surface area (Å²) in [5.41, 5.74) is 1.48. The van der Waals surface area contributed by atoms with E-state index in [0.29, 0.717) is 6.42 Å². The molecule has 6 nitrogen and oxygen atoms in total. The number of nitrogens with zero attached hydrogens (tertiary/aromatic N) is 4. The molecule has 0 saturated carbocycles. The lowest BCUT2D eigenvalue weighted by molar-refractivity contribution is -0.136. The van der Waals surface area contributed by atoms with Crippen LogP contribution in [0.2, 0.25) is 0 Å². The van der Waals surface area contributed by atoms with Gasteiger partial charge in [0.25, 0.3) is 0 Å². The maximum Gasteiger partial charge on any atom is 0.303 e. The molecule has 0 aliphatic carbocycles. The number of carbonyl (C=O) groups is 1. The molecule has 0 spiro atoms. The van der Waals surface area contributed by atoms with Crippen LogP contribution >= 0.6 is 0 Å². The number of aliphatic carboxylic acids is 1. The number of imidazole rings is 1. The lowest BCUT2D eigenvalue weighted by Crippen LogP contribution is -2.11. The van der Waals surface area contributed by atoms with Gasteiger partial charge < -0.3 is 10.0 Å². The van der Waals surface area contributed by atoms with Gasteiger partial charge in [-0.1, -0.05) is 0 Å². The van der Waals surface area contributed by atoms with Gasteiger partial charge in [-0.2, -0.15) is 0 Å². The second-order valence-electron chi connectivity index (χ2n) is 4.01. The van der Waals surface area contributed by atoms with Gasteiger partial charge in [-0.15, -0.1) is 5.10 Å². The molecule has 0 radical (unpaired) electrons. The van der Waals surface area contributed by atoms with Crippen molar-refractivity contribution in [2.45, 2.75) is 12.8 Å². The summed E-state index contributed by atoms with van der Waals surface area (Å²) in [7, 11) is 3.83. The van der Waals surface area contributed by atoms with Gasteiger partial charge >= 0.3 is 5.97 Å². The predicted molar refractivity (Wildman–Crippen MR) is 63.3 cm³/mol. The van der Waals surface area contributed by atoms with Crippen LogP contribution in [0.3, 0.4) is 0 Å². The van der Waals surface area contributed by atoms with Crippen LogP contribution in [-0.2, 0) is 11.2 Å². The van der Waals surface area contributed by atoms with Gasteiger partial charge in [0.15, 0.2) is 5.65 Å². The Bertz CT molecular complexity index is 547. The molecule has 0 amide bonds. The van der Waals surface area contributed by atoms with E-state index in [1.807, 2.05) is 31.1 Å². The Kier molecular flexibility index (Phi) is 2.95. The summed E-state index contributed by atoms with van der Waals surface area (Å²) in [4.78, 5) is 16.7. The van der Waals surface area contributed by atoms with E-state index in [2.05, 4.69) is 10.1 Å². The molecule has 0 aliphatic rings. The zero-order chi connectivity index (χ0) is 12.4. The molecule has 0 aliphatic heterocycles. The van der Waals surface area contributed by atoms with E-state index in [4.69, 9.17) is 5.11 Å². The Balaban J connectivity index is 2.27. The van der Waals surface area contributed by atoms with Crippen molar-refractivity contribution in [1.82, 2.24) is 14.6 Å². The monoisotopic (exact) mass is 234 g/mol. The highest BCUT2D eigenvalue weighted by Gasteiger charge is 2.06. The highest BCUT2D eigenvalue weighted by atomic mass is 16.4. The molecule has 2 rings (SSSR count). The van der Waals surface area contributed by atoms with Crippen LogP contribution in [0.5, 0.6) is 0 Å². The Hall–Kier alpha value is -2.11. The number of aromatic nitrogens is 3. The van der Waals surface area contributed by atoms with Crippen molar-refractivity contribution >= 4 is 17.4 Å². The molecule has 0 saturated heterocycles. The SMILES string of the molecule is CN(C)c1ccc2nc(CCC(=O)O)cn2n1. The van der Waals surface area contributed by atoms with Gasteiger partial charge in [-0.05, 0) is 12.1 Å². The van der Waals surface area contributed by atoms with E-state index in [9.17, 15) is 4.79 Å². The highest BCUT2D eigenvalue weighted by Crippen LogP contribution is 2.10. The molecule has 0 bridgehead atoms. The van der Waals surface area contributed by atoms with Crippen LogP contribution in [0, 0.1) is 0 Å². The molecule has 0 atom stereocenters. The minimum atomic E-state index is -0.816. The quantitative estimate of drug-likeness (QED) is 0.847. The van der Waals surface area contributed by atoms with E-state index in [1.54, 1.807) is 10.7 Å². The lowest BCUT2D eigenvalue weighted by Gasteiger charge is -2.09. The third-order valence-electron chi connectivity index (χ3n) is 2.41. The molecule has 17 heavy (non-hydrogen) atoms. The van der Waals surface area contributed by atoms with Gasteiger partial charge in [-0.3, -0.25) is 4.79 Å². The summed E-state index contributed by atoms with van der Waals surface area (Å²) in [5, 5.41) is 13.0. The Labute approximate surface area is 98.5 Å². The van der Waals surface area contributed by atoms with Crippen molar-refractivity contribution in [1.29, 1.82) is 0 Å². The Morgan fingerprint density at radius 3 is 2.88 bits per heavy atom. The van der Waals surface area contributed by atoms with Crippen molar-refractivity contribution < 1.29 is 9.90 Å². The average Bonchev–Trinajstić information content (AvgIpc) is 2.67. The summed E-state index contributed by atoms with van der Waals surface area (Å²) in [6.07, 6.45) is 2.28. The number of aryl methyl sites for hydroxylation is 1. The zero-order valence-electron chi connectivity index (χ0n) is 9.79. The third kappa shape index (κ3) is 2.52. The minimum absolute atomic E-state index is 0.0877. The van der Waals surface area contributed by atoms with Crippen LogP contribution in [0.25, 0.3) is 5.65 Å². The van der Waals surface area contributed by atoms with E-state index < -0.39 is 5.97 Å². The van der Waals surface area contributed by atoms with Gasteiger partial charge in [0, 0.05) is 20.5 Å². The van der Waals surface area contributed by atoms with Crippen LogP contribution < -0.4 is 4.90 Å². The molecule has 0 fully saturated rings. The topological polar surface area (TPSA) is 70.7 Å². The molecular formula is C11H14N4O2. The van der Waals surface area contributed by atoms with Gasteiger partial charge in [0.2, 0.25) is 0 Å². The molecule has 2 aromatic rings. The summed E-state index contributed by atoms with van der Waals surface area (Å²) >= 11 is 0. The van der Waals surface area contributed by atoms with Crippen LogP contribution in [0.15, 0.2) is 18.3 Å². The van der Waals surface area contributed by atoms with E-state index in [1.165, 1.54) is 0 Å². The first-order valence-corrected chi connectivity index (χ1v) is 5.30. The molecule has 1 N–H and O–H groups in total. The second-order valence-corrected chi connectivity index (χ2v) is 4.01. The first kappa shape index (κ1) is 11.4. The average molecular weight is 234 g/mol. The normalized spacial score (nSPS) is 10.7. The van der Waals surface area contributed by atoms with Crippen LogP contribution in [0.1, 0.15) is 12.1 Å². The second kappa shape index (κ2) is 4.40. The molecule has 0 unspecified atom stereocenters. The Morgan fingerprint density at radius 2 is 2.24 bits per heavy atom. The lowest BCUT2D eigenvalue weighted by atomic mass is 10.2. The maximum absolute atomic E-state index is 10.5. The first-order valence-electron chi connectivity index (χ1n) is 5.30. The van der Waals surface area contributed by atoms with Gasteiger partial charge in [-0.25, -0.2) is 9.50 Å². The summed E-state index contributed by atoms with van der Waals surface area (Å²) in [6.45, 7) is 0. The number of carboxylic acids is 1. The third-order valence-corrected chi connectivity index (χ3v) is 2.41. The fraction of sp³-hybridized carbons (Fsp3) is 0.364. The smallest absolute Gasteiger partial charge is 0.303 e. The van der Waals surface area contributed by atoms with Crippen molar-refractivity contribution in [3.63, 3.8) is 0 Å². The van der Waals surface area contributed by atoms with E-state index in [-0.39, 0.29) is 6.42 Å². The fourth-order valence-electron chi connectivity index (χ4n) is 1.52. The molecule has 90 valence electrons. The summed E-state index contributed by atoms with van der Waals surface area (Å²) in [6, 6.07) is 3.75. The summed E-state index contributed by atoms with van der Waals surface area (Å²) < 4.78 is 1.67. The van der Waals surface area contributed by atoms with Crippen LogP contribution in [-0.4, -0.2) is 39.8 Å². The van der Waals surface area contributed by atoms with Crippen molar-refractivity contribution in [2.24, 2.45) is 0 Å². The Morgan fingerprint density at radius 1 is 1.47 bits per heavy atom. The highest BCUT2D eigenvalue weighted by molar-refractivity contribution is 5.67. The molecule has 6 heteroatoms. The number of anilines is 1. The molecule has 2 aromatic heterocycles. The minimum Gasteiger partial charge on any atom is -0.481 e. The number of rotatable bonds is 4. The van der Waals surface area contributed by atoms with Crippen molar-refractivity contribution in [3.8, 4) is 0 Å². The van der Waals surface area contributed by atoms with E-state index >= 15 is 0 Å². The molecule has 2 heterocycles. The number of hydrogen-bond acceptors (Lipinski definition) is 4. The standard InChI is InChI=1S/C11H14N4O2/c1-14(2)10-5-4-9-12-8(3-6-11(16)17)7-15(9)13-10/h4-5,7H,3,6H2,1-2H3,(H,16,17).